The van der Waals surface area contributed by atoms with Crippen LogP contribution < -0.4 is 0 Å². The van der Waals surface area contributed by atoms with Crippen LogP contribution in [0.25, 0.3) is 17.1 Å². The molecule has 3 heterocycles. The number of hydrogen-bond donors (Lipinski definition) is 0. The number of likely N-dealkylation sites (tertiary alicyclic amines) is 1. The summed E-state index contributed by atoms with van der Waals surface area (Å²) < 4.78 is 3.06. The fourth-order valence-electron chi connectivity index (χ4n) is 3.06. The van der Waals surface area contributed by atoms with Crippen molar-refractivity contribution in [2.45, 2.75) is 18.0 Å². The molecular formula is C19H18BrN5OS. The fourth-order valence-corrected chi connectivity index (χ4v) is 4.23. The van der Waals surface area contributed by atoms with Crippen LogP contribution >= 0.6 is 27.7 Å². The summed E-state index contributed by atoms with van der Waals surface area (Å²) in [4.78, 5) is 17.9. The van der Waals surface area contributed by atoms with E-state index in [1.54, 1.807) is 24.2 Å². The van der Waals surface area contributed by atoms with E-state index in [-0.39, 0.29) is 5.91 Å². The van der Waals surface area contributed by atoms with Gasteiger partial charge in [0.25, 0.3) is 0 Å². The second-order valence-corrected chi connectivity index (χ2v) is 8.17. The predicted molar refractivity (Wildman–Crippen MR) is 109 cm³/mol. The molecule has 0 spiro atoms. The van der Waals surface area contributed by atoms with Crippen molar-refractivity contribution in [1.82, 2.24) is 24.6 Å². The Hall–Kier alpha value is -2.19. The van der Waals surface area contributed by atoms with Crippen LogP contribution in [0.5, 0.6) is 0 Å². The third-order valence-corrected chi connectivity index (χ3v) is 5.84. The lowest BCUT2D eigenvalue weighted by molar-refractivity contribution is -0.127. The molecule has 8 heteroatoms. The number of carbonyl (C=O) groups is 1. The maximum absolute atomic E-state index is 11.8. The van der Waals surface area contributed by atoms with E-state index in [0.29, 0.717) is 6.42 Å². The molecule has 0 bridgehead atoms. The van der Waals surface area contributed by atoms with E-state index in [9.17, 15) is 4.79 Å². The molecule has 0 unspecified atom stereocenters. The standard InChI is InChI=1S/C19H18BrN5OS/c20-15-5-7-16(8-6-15)25-18(14-3-1-9-21-13-14)22-23-19(25)27-12-11-24-10-2-4-17(24)26/h1,3,5-9,13H,2,4,10-12H2. The smallest absolute Gasteiger partial charge is 0.222 e. The van der Waals surface area contributed by atoms with Crippen molar-refractivity contribution in [2.75, 3.05) is 18.8 Å². The molecule has 4 rings (SSSR count). The highest BCUT2D eigenvalue weighted by Gasteiger charge is 2.21. The Kier molecular flexibility index (Phi) is 5.54. The van der Waals surface area contributed by atoms with Crippen LogP contribution in [-0.4, -0.2) is 49.4 Å². The molecule has 0 aliphatic carbocycles. The number of carbonyl (C=O) groups excluding carboxylic acids is 1. The number of halogens is 1. The third-order valence-electron chi connectivity index (χ3n) is 4.40. The molecule has 0 saturated carbocycles. The summed E-state index contributed by atoms with van der Waals surface area (Å²) in [7, 11) is 0. The van der Waals surface area contributed by atoms with Gasteiger partial charge in [-0.1, -0.05) is 27.7 Å². The zero-order valence-corrected chi connectivity index (χ0v) is 17.0. The van der Waals surface area contributed by atoms with E-state index in [1.165, 1.54) is 0 Å². The molecule has 0 radical (unpaired) electrons. The van der Waals surface area contributed by atoms with Crippen LogP contribution in [-0.2, 0) is 4.79 Å². The summed E-state index contributed by atoms with van der Waals surface area (Å²) in [5.41, 5.74) is 1.90. The van der Waals surface area contributed by atoms with Gasteiger partial charge >= 0.3 is 0 Å². The van der Waals surface area contributed by atoms with Gasteiger partial charge < -0.3 is 4.90 Å². The Bertz CT molecular complexity index is 929. The number of thioether (sulfide) groups is 1. The quantitative estimate of drug-likeness (QED) is 0.542. The first kappa shape index (κ1) is 18.2. The largest absolute Gasteiger partial charge is 0.342 e. The summed E-state index contributed by atoms with van der Waals surface area (Å²) in [5.74, 6) is 1.79. The van der Waals surface area contributed by atoms with Gasteiger partial charge in [0.1, 0.15) is 0 Å². The first-order chi connectivity index (χ1) is 13.2. The number of rotatable bonds is 6. The van der Waals surface area contributed by atoms with Gasteiger partial charge in [-0.3, -0.25) is 14.3 Å². The van der Waals surface area contributed by atoms with Gasteiger partial charge in [-0.2, -0.15) is 0 Å². The Morgan fingerprint density at radius 1 is 1.15 bits per heavy atom. The van der Waals surface area contributed by atoms with Gasteiger partial charge in [-0.25, -0.2) is 0 Å². The van der Waals surface area contributed by atoms with E-state index < -0.39 is 0 Å². The lowest BCUT2D eigenvalue weighted by Crippen LogP contribution is -2.27. The van der Waals surface area contributed by atoms with Crippen molar-refractivity contribution in [3.8, 4) is 17.1 Å². The highest BCUT2D eigenvalue weighted by molar-refractivity contribution is 9.10. The van der Waals surface area contributed by atoms with Gasteiger partial charge in [-0.15, -0.1) is 10.2 Å². The predicted octanol–water partition coefficient (Wildman–Crippen LogP) is 3.81. The number of benzene rings is 1. The van der Waals surface area contributed by atoms with Crippen molar-refractivity contribution in [3.63, 3.8) is 0 Å². The maximum atomic E-state index is 11.8. The molecule has 3 aromatic rings. The minimum atomic E-state index is 0.251. The second-order valence-electron chi connectivity index (χ2n) is 6.19. The monoisotopic (exact) mass is 443 g/mol. The molecule has 1 aromatic carbocycles. The second kappa shape index (κ2) is 8.22. The zero-order valence-electron chi connectivity index (χ0n) is 14.6. The lowest BCUT2D eigenvalue weighted by Gasteiger charge is -2.15. The van der Waals surface area contributed by atoms with Crippen LogP contribution in [0.4, 0.5) is 0 Å². The lowest BCUT2D eigenvalue weighted by atomic mass is 10.2. The molecule has 138 valence electrons. The van der Waals surface area contributed by atoms with Gasteiger partial charge in [-0.05, 0) is 42.8 Å². The summed E-state index contributed by atoms with van der Waals surface area (Å²) in [5, 5.41) is 9.63. The minimum absolute atomic E-state index is 0.251. The Labute approximate surface area is 170 Å². The van der Waals surface area contributed by atoms with Gasteiger partial charge in [0.05, 0.1) is 0 Å². The van der Waals surface area contributed by atoms with E-state index in [0.717, 1.165) is 52.0 Å². The zero-order chi connectivity index (χ0) is 18.6. The molecule has 1 aliphatic rings. The molecule has 1 aliphatic heterocycles. The SMILES string of the molecule is O=C1CCCN1CCSc1nnc(-c2cccnc2)n1-c1ccc(Br)cc1. The first-order valence-corrected chi connectivity index (χ1v) is 10.5. The molecule has 2 aromatic heterocycles. The normalized spacial score (nSPS) is 14.1. The molecule has 0 N–H and O–H groups in total. The van der Waals surface area contributed by atoms with Gasteiger partial charge in [0.15, 0.2) is 11.0 Å². The van der Waals surface area contributed by atoms with Crippen LogP contribution in [0, 0.1) is 0 Å². The summed E-state index contributed by atoms with van der Waals surface area (Å²) >= 11 is 5.10. The van der Waals surface area contributed by atoms with Crippen molar-refractivity contribution in [2.24, 2.45) is 0 Å². The number of nitrogens with zero attached hydrogens (tertiary/aromatic N) is 5. The highest BCUT2D eigenvalue weighted by Crippen LogP contribution is 2.28. The first-order valence-electron chi connectivity index (χ1n) is 8.75. The Balaban J connectivity index is 1.61. The highest BCUT2D eigenvalue weighted by atomic mass is 79.9. The van der Waals surface area contributed by atoms with Crippen molar-refractivity contribution < 1.29 is 4.79 Å². The van der Waals surface area contributed by atoms with Crippen molar-refractivity contribution >= 4 is 33.6 Å². The third kappa shape index (κ3) is 4.06. The van der Waals surface area contributed by atoms with Crippen molar-refractivity contribution in [3.05, 3.63) is 53.3 Å². The molecule has 6 nitrogen and oxygen atoms in total. The van der Waals surface area contributed by atoms with Crippen LogP contribution in [0.15, 0.2) is 58.4 Å². The van der Waals surface area contributed by atoms with Crippen LogP contribution in [0.1, 0.15) is 12.8 Å². The Morgan fingerprint density at radius 3 is 2.70 bits per heavy atom. The fraction of sp³-hybridized carbons (Fsp3) is 0.263. The van der Waals surface area contributed by atoms with Crippen LogP contribution in [0.3, 0.4) is 0 Å². The molecule has 1 fully saturated rings. The van der Waals surface area contributed by atoms with Gasteiger partial charge in [0.2, 0.25) is 5.91 Å². The molecule has 0 atom stereocenters. The average Bonchev–Trinajstić information content (AvgIpc) is 3.30. The summed E-state index contributed by atoms with van der Waals surface area (Å²) in [6.07, 6.45) is 5.16. The van der Waals surface area contributed by atoms with Crippen LogP contribution in [0.2, 0.25) is 0 Å². The van der Waals surface area contributed by atoms with E-state index >= 15 is 0 Å². The molecule has 27 heavy (non-hydrogen) atoms. The van der Waals surface area contributed by atoms with E-state index in [2.05, 4.69) is 31.1 Å². The molecule has 1 saturated heterocycles. The maximum Gasteiger partial charge on any atom is 0.222 e. The Morgan fingerprint density at radius 2 is 2.00 bits per heavy atom. The summed E-state index contributed by atoms with van der Waals surface area (Å²) in [6.45, 7) is 1.60. The minimum Gasteiger partial charge on any atom is -0.342 e. The van der Waals surface area contributed by atoms with E-state index in [4.69, 9.17) is 0 Å². The van der Waals surface area contributed by atoms with Gasteiger partial charge in [0, 0.05) is 53.4 Å². The number of amides is 1. The summed E-state index contributed by atoms with van der Waals surface area (Å²) in [6, 6.07) is 11.9. The average molecular weight is 444 g/mol. The van der Waals surface area contributed by atoms with Crippen molar-refractivity contribution in [1.29, 1.82) is 0 Å². The van der Waals surface area contributed by atoms with E-state index in [1.807, 2.05) is 45.9 Å². The number of hydrogen-bond acceptors (Lipinski definition) is 5. The molecule has 1 amide bonds. The number of aromatic nitrogens is 4. The topological polar surface area (TPSA) is 63.9 Å². The number of pyridine rings is 1. The molecular weight excluding hydrogens is 426 g/mol.